The van der Waals surface area contributed by atoms with E-state index in [1.165, 1.54) is 30.3 Å². The Kier molecular flexibility index (Phi) is 7.50. The van der Waals surface area contributed by atoms with E-state index in [0.717, 1.165) is 11.1 Å². The zero-order valence-corrected chi connectivity index (χ0v) is 16.6. The van der Waals surface area contributed by atoms with Crippen LogP contribution in [0.15, 0.2) is 72.8 Å². The molecule has 0 heterocycles. The van der Waals surface area contributed by atoms with Gasteiger partial charge in [-0.15, -0.1) is 0 Å². The first-order valence-corrected chi connectivity index (χ1v) is 9.42. The number of para-hydroxylation sites is 2. The van der Waals surface area contributed by atoms with Crippen LogP contribution in [0.2, 0.25) is 0 Å². The number of alkyl halides is 2. The van der Waals surface area contributed by atoms with Crippen LogP contribution in [-0.2, 0) is 4.79 Å². The number of ether oxygens (including phenoxy) is 2. The van der Waals surface area contributed by atoms with Crippen LogP contribution in [-0.4, -0.2) is 26.2 Å². The molecule has 2 N–H and O–H groups in total. The van der Waals surface area contributed by atoms with Crippen molar-refractivity contribution in [1.82, 2.24) is 5.32 Å². The largest absolute Gasteiger partial charge is 0.497 e. The minimum atomic E-state index is -3.01. The van der Waals surface area contributed by atoms with E-state index in [2.05, 4.69) is 15.4 Å². The number of halogens is 3. The second-order valence-electron chi connectivity index (χ2n) is 6.56. The lowest BCUT2D eigenvalue weighted by Crippen LogP contribution is -2.32. The van der Waals surface area contributed by atoms with Crippen molar-refractivity contribution < 1.29 is 27.4 Å². The fourth-order valence-electron chi connectivity index (χ4n) is 3.04. The molecule has 0 fully saturated rings. The summed E-state index contributed by atoms with van der Waals surface area (Å²) in [6.07, 6.45) is 0. The third kappa shape index (κ3) is 6.23. The van der Waals surface area contributed by atoms with Crippen molar-refractivity contribution in [3.8, 4) is 11.5 Å². The molecule has 0 bridgehead atoms. The predicted molar refractivity (Wildman–Crippen MR) is 111 cm³/mol. The van der Waals surface area contributed by atoms with Crippen LogP contribution in [0.1, 0.15) is 17.2 Å². The Morgan fingerprint density at radius 1 is 0.935 bits per heavy atom. The zero-order chi connectivity index (χ0) is 22.2. The number of rotatable bonds is 9. The molecule has 0 saturated heterocycles. The van der Waals surface area contributed by atoms with Crippen LogP contribution in [0.3, 0.4) is 0 Å². The Balaban J connectivity index is 1.74. The highest BCUT2D eigenvalue weighted by Gasteiger charge is 2.17. The number of hydrogen-bond donors (Lipinski definition) is 2. The maximum atomic E-state index is 13.4. The lowest BCUT2D eigenvalue weighted by molar-refractivity contribution is -0.115. The van der Waals surface area contributed by atoms with E-state index >= 15 is 0 Å². The number of amides is 1. The standard InChI is InChI=1S/C23H21F3N2O3/c1-30-18-12-8-16(9-13-18)22(15-6-10-17(24)11-7-15)27-14-21(29)28-19-4-2-3-5-20(19)31-23(25)26/h2-13,22-23,27H,14H2,1H3,(H,28,29). The van der Waals surface area contributed by atoms with Gasteiger partial charge < -0.3 is 14.8 Å². The van der Waals surface area contributed by atoms with Gasteiger partial charge in [-0.2, -0.15) is 8.78 Å². The van der Waals surface area contributed by atoms with Crippen molar-refractivity contribution in [3.05, 3.63) is 89.7 Å². The molecule has 3 rings (SSSR count). The molecular formula is C23H21F3N2O3. The van der Waals surface area contributed by atoms with E-state index in [1.807, 2.05) is 12.1 Å². The number of nitrogens with one attached hydrogen (secondary N) is 2. The van der Waals surface area contributed by atoms with E-state index in [9.17, 15) is 18.0 Å². The number of anilines is 1. The molecule has 0 aliphatic rings. The smallest absolute Gasteiger partial charge is 0.387 e. The summed E-state index contributed by atoms with van der Waals surface area (Å²) in [5.74, 6) is -0.275. The first-order chi connectivity index (χ1) is 15.0. The van der Waals surface area contributed by atoms with Crippen molar-refractivity contribution >= 4 is 11.6 Å². The average molecular weight is 430 g/mol. The number of carbonyl (C=O) groups excluding carboxylic acids is 1. The van der Waals surface area contributed by atoms with Gasteiger partial charge in [0.05, 0.1) is 25.4 Å². The SMILES string of the molecule is COc1ccc(C(NCC(=O)Nc2ccccc2OC(F)F)c2ccc(F)cc2)cc1. The molecule has 0 spiro atoms. The first-order valence-electron chi connectivity index (χ1n) is 9.42. The molecule has 1 unspecified atom stereocenters. The molecule has 1 atom stereocenters. The highest BCUT2D eigenvalue weighted by atomic mass is 19.3. The van der Waals surface area contributed by atoms with Gasteiger partial charge in [0.25, 0.3) is 0 Å². The van der Waals surface area contributed by atoms with E-state index < -0.39 is 18.6 Å². The van der Waals surface area contributed by atoms with Gasteiger partial charge in [0.1, 0.15) is 17.3 Å². The second kappa shape index (κ2) is 10.5. The van der Waals surface area contributed by atoms with Gasteiger partial charge in [0.15, 0.2) is 0 Å². The van der Waals surface area contributed by atoms with Crippen LogP contribution >= 0.6 is 0 Å². The summed E-state index contributed by atoms with van der Waals surface area (Å²) in [5.41, 5.74) is 1.72. The quantitative estimate of drug-likeness (QED) is 0.514. The molecule has 0 aromatic heterocycles. The van der Waals surface area contributed by atoms with E-state index in [1.54, 1.807) is 37.4 Å². The molecule has 5 nitrogen and oxygen atoms in total. The molecule has 3 aromatic carbocycles. The van der Waals surface area contributed by atoms with Gasteiger partial charge in [0.2, 0.25) is 5.91 Å². The van der Waals surface area contributed by atoms with Gasteiger partial charge in [-0.1, -0.05) is 36.4 Å². The number of benzene rings is 3. The minimum absolute atomic E-state index is 0.128. The molecule has 0 radical (unpaired) electrons. The Morgan fingerprint density at radius 3 is 2.16 bits per heavy atom. The van der Waals surface area contributed by atoms with Crippen LogP contribution in [0.25, 0.3) is 0 Å². The van der Waals surface area contributed by atoms with Crippen molar-refractivity contribution in [3.63, 3.8) is 0 Å². The first kappa shape index (κ1) is 22.2. The molecule has 0 aliphatic heterocycles. The second-order valence-corrected chi connectivity index (χ2v) is 6.56. The predicted octanol–water partition coefficient (Wildman–Crippen LogP) is 4.75. The van der Waals surface area contributed by atoms with Crippen molar-refractivity contribution in [2.45, 2.75) is 12.7 Å². The summed E-state index contributed by atoms with van der Waals surface area (Å²) >= 11 is 0. The normalized spacial score (nSPS) is 11.8. The van der Waals surface area contributed by atoms with Crippen LogP contribution in [0.4, 0.5) is 18.9 Å². The summed E-state index contributed by atoms with van der Waals surface area (Å²) < 4.78 is 48.1. The Hall–Kier alpha value is -3.52. The maximum Gasteiger partial charge on any atom is 0.387 e. The van der Waals surface area contributed by atoms with Crippen LogP contribution < -0.4 is 20.1 Å². The highest BCUT2D eigenvalue weighted by Crippen LogP contribution is 2.26. The number of carbonyl (C=O) groups is 1. The van der Waals surface area contributed by atoms with Crippen molar-refractivity contribution in [1.29, 1.82) is 0 Å². The number of hydrogen-bond acceptors (Lipinski definition) is 4. The molecule has 1 amide bonds. The lowest BCUT2D eigenvalue weighted by atomic mass is 9.98. The Bertz CT molecular complexity index is 996. The Morgan fingerprint density at radius 2 is 1.55 bits per heavy atom. The van der Waals surface area contributed by atoms with Crippen molar-refractivity contribution in [2.75, 3.05) is 19.0 Å². The van der Waals surface area contributed by atoms with Gasteiger partial charge >= 0.3 is 6.61 Å². The summed E-state index contributed by atoms with van der Waals surface area (Å²) in [7, 11) is 1.56. The van der Waals surface area contributed by atoms with Gasteiger partial charge in [-0.05, 0) is 47.5 Å². The van der Waals surface area contributed by atoms with E-state index in [0.29, 0.717) is 5.75 Å². The summed E-state index contributed by atoms with van der Waals surface area (Å²) in [4.78, 5) is 12.5. The summed E-state index contributed by atoms with van der Waals surface area (Å²) in [6, 6.07) is 18.7. The maximum absolute atomic E-state index is 13.4. The third-order valence-electron chi connectivity index (χ3n) is 4.50. The van der Waals surface area contributed by atoms with Crippen molar-refractivity contribution in [2.24, 2.45) is 0 Å². The molecule has 31 heavy (non-hydrogen) atoms. The fraction of sp³-hybridized carbons (Fsp3) is 0.174. The minimum Gasteiger partial charge on any atom is -0.497 e. The molecule has 8 heteroatoms. The molecule has 0 aliphatic carbocycles. The van der Waals surface area contributed by atoms with Gasteiger partial charge in [0, 0.05) is 0 Å². The third-order valence-corrected chi connectivity index (χ3v) is 4.50. The fourth-order valence-corrected chi connectivity index (χ4v) is 3.04. The molecule has 3 aromatic rings. The molecule has 162 valence electrons. The Labute approximate surface area is 177 Å². The highest BCUT2D eigenvalue weighted by molar-refractivity contribution is 5.93. The monoisotopic (exact) mass is 430 g/mol. The van der Waals surface area contributed by atoms with Gasteiger partial charge in [-0.25, -0.2) is 4.39 Å². The van der Waals surface area contributed by atoms with Crippen LogP contribution in [0, 0.1) is 5.82 Å². The van der Waals surface area contributed by atoms with Gasteiger partial charge in [-0.3, -0.25) is 10.1 Å². The molecular weight excluding hydrogens is 409 g/mol. The number of methoxy groups -OCH3 is 1. The molecule has 0 saturated carbocycles. The lowest BCUT2D eigenvalue weighted by Gasteiger charge is -2.20. The summed E-state index contributed by atoms with van der Waals surface area (Å²) in [6.45, 7) is -3.13. The topological polar surface area (TPSA) is 59.6 Å². The van der Waals surface area contributed by atoms with Crippen LogP contribution in [0.5, 0.6) is 11.5 Å². The average Bonchev–Trinajstić information content (AvgIpc) is 2.76. The van der Waals surface area contributed by atoms with E-state index in [-0.39, 0.29) is 23.8 Å². The zero-order valence-electron chi connectivity index (χ0n) is 16.6. The van der Waals surface area contributed by atoms with E-state index in [4.69, 9.17) is 4.74 Å². The summed E-state index contributed by atoms with van der Waals surface area (Å²) in [5, 5.41) is 5.69.